The lowest BCUT2D eigenvalue weighted by Gasteiger charge is -1.65. The molecule has 0 unspecified atom stereocenters. The molecule has 0 nitrogen and oxygen atoms in total. The molecule has 0 spiro atoms. The minimum Gasteiger partial charge on any atom is -0.0917 e. The van der Waals surface area contributed by atoms with E-state index in [1.54, 1.807) is 0 Å². The molecule has 0 aliphatic carbocycles. The van der Waals surface area contributed by atoms with Crippen molar-refractivity contribution in [2.24, 2.45) is 0 Å². The summed E-state index contributed by atoms with van der Waals surface area (Å²) >= 11 is 0. The Morgan fingerprint density at radius 1 is 0.800 bits per heavy atom. The van der Waals surface area contributed by atoms with Gasteiger partial charge >= 0.3 is 0 Å². The molecule has 0 amide bonds. The molecule has 0 N–H and O–H groups in total. The van der Waals surface area contributed by atoms with Crippen molar-refractivity contribution in [3.8, 4) is 0 Å². The second-order valence-electron chi connectivity index (χ2n) is 1.95. The van der Waals surface area contributed by atoms with Gasteiger partial charge in [0, 0.05) is 0 Å². The number of hydrogen-bond acceptors (Lipinski definition) is 0. The average Bonchev–Trinajstić information content (AvgIpc) is 1.93. The molecule has 0 heterocycles. The predicted molar refractivity (Wildman–Crippen MR) is 50.2 cm³/mol. The number of rotatable bonds is 2. The molecule has 0 saturated heterocycles. The van der Waals surface area contributed by atoms with Crippen LogP contribution >= 0.6 is 0 Å². The molecule has 0 bridgehead atoms. The van der Waals surface area contributed by atoms with Crippen molar-refractivity contribution >= 4 is 0 Å². The summed E-state index contributed by atoms with van der Waals surface area (Å²) in [5.74, 6) is 0. The maximum absolute atomic E-state index is 2.12. The Labute approximate surface area is 65.7 Å². The first-order chi connectivity index (χ1) is 4.83. The van der Waals surface area contributed by atoms with Gasteiger partial charge in [0.2, 0.25) is 0 Å². The third kappa shape index (κ3) is 25.9. The average molecular weight is 140 g/mol. The van der Waals surface area contributed by atoms with Crippen LogP contribution in [0.25, 0.3) is 0 Å². The maximum Gasteiger partial charge on any atom is -0.0379 e. The van der Waals surface area contributed by atoms with E-state index in [0.717, 1.165) is 12.8 Å². The van der Waals surface area contributed by atoms with Crippen LogP contribution in [0.15, 0.2) is 24.3 Å². The number of hydrogen-bond donors (Lipinski definition) is 0. The van der Waals surface area contributed by atoms with Gasteiger partial charge in [0.05, 0.1) is 0 Å². The first-order valence-corrected chi connectivity index (χ1v) is 4.05. The Balaban J connectivity index is 0. The Morgan fingerprint density at radius 2 is 1.10 bits per heavy atom. The second kappa shape index (κ2) is 15.8. The maximum atomic E-state index is 2.12. The lowest BCUT2D eigenvalue weighted by atomic mass is 10.4. The highest BCUT2D eigenvalue weighted by Gasteiger charge is 1.52. The van der Waals surface area contributed by atoms with Crippen LogP contribution in [0, 0.1) is 0 Å². The highest BCUT2D eigenvalue weighted by molar-refractivity contribution is 4.73. The van der Waals surface area contributed by atoms with Gasteiger partial charge in [-0.2, -0.15) is 0 Å². The van der Waals surface area contributed by atoms with Crippen molar-refractivity contribution < 1.29 is 0 Å². The van der Waals surface area contributed by atoms with Crippen LogP contribution < -0.4 is 0 Å². The van der Waals surface area contributed by atoms with Gasteiger partial charge < -0.3 is 0 Å². The fraction of sp³-hybridized carbons (Fsp3) is 0.600. The topological polar surface area (TPSA) is 0 Å². The molecule has 0 saturated carbocycles. The summed E-state index contributed by atoms with van der Waals surface area (Å²) < 4.78 is 0. The van der Waals surface area contributed by atoms with Crippen LogP contribution in [0.3, 0.4) is 0 Å². The highest BCUT2D eigenvalue weighted by atomic mass is 13.6. The first kappa shape index (κ1) is 12.2. The largest absolute Gasteiger partial charge is 0.0917 e. The zero-order chi connectivity index (χ0) is 8.24. The fourth-order valence-corrected chi connectivity index (χ4v) is 0.471. The molecule has 0 aromatic heterocycles. The van der Waals surface area contributed by atoms with E-state index in [9.17, 15) is 0 Å². The van der Waals surface area contributed by atoms with Gasteiger partial charge in [-0.05, 0) is 26.7 Å². The van der Waals surface area contributed by atoms with E-state index in [2.05, 4.69) is 38.2 Å². The predicted octanol–water partition coefficient (Wildman–Crippen LogP) is 3.95. The Kier molecular flexibility index (Phi) is 19.3. The van der Waals surface area contributed by atoms with Crippen LogP contribution in [0.1, 0.15) is 40.5 Å². The Bertz CT molecular complexity index is 66.0. The van der Waals surface area contributed by atoms with Gasteiger partial charge in [-0.25, -0.2) is 0 Å². The molecule has 60 valence electrons. The van der Waals surface area contributed by atoms with Crippen LogP contribution in [-0.2, 0) is 0 Å². The fourth-order valence-electron chi connectivity index (χ4n) is 0.471. The van der Waals surface area contributed by atoms with E-state index in [4.69, 9.17) is 0 Å². The van der Waals surface area contributed by atoms with Crippen molar-refractivity contribution in [3.63, 3.8) is 0 Å². The minimum atomic E-state index is 1.16. The van der Waals surface area contributed by atoms with Crippen LogP contribution in [0.2, 0.25) is 0 Å². The van der Waals surface area contributed by atoms with Crippen molar-refractivity contribution in [2.75, 3.05) is 0 Å². The van der Waals surface area contributed by atoms with E-state index in [1.807, 2.05) is 13.8 Å². The lowest BCUT2D eigenvalue weighted by Crippen LogP contribution is -1.43. The first-order valence-electron chi connectivity index (χ1n) is 4.05. The molecule has 0 radical (unpaired) electrons. The van der Waals surface area contributed by atoms with Crippen molar-refractivity contribution in [1.29, 1.82) is 0 Å². The Hall–Kier alpha value is -0.520. The third-order valence-electron chi connectivity index (χ3n) is 0.943. The van der Waals surface area contributed by atoms with Crippen LogP contribution in [0.4, 0.5) is 0 Å². The lowest BCUT2D eigenvalue weighted by molar-refractivity contribution is 1.22. The third-order valence-corrected chi connectivity index (χ3v) is 0.943. The van der Waals surface area contributed by atoms with Gasteiger partial charge in [0.15, 0.2) is 0 Å². The highest BCUT2D eigenvalue weighted by Crippen LogP contribution is 1.74. The van der Waals surface area contributed by atoms with E-state index >= 15 is 0 Å². The quantitative estimate of drug-likeness (QED) is 0.509. The molecule has 10 heavy (non-hydrogen) atoms. The van der Waals surface area contributed by atoms with Gasteiger partial charge in [-0.15, -0.1) is 0 Å². The Morgan fingerprint density at radius 3 is 1.10 bits per heavy atom. The van der Waals surface area contributed by atoms with E-state index < -0.39 is 0 Å². The molecule has 0 atom stereocenters. The molecule has 0 aliphatic rings. The zero-order valence-corrected chi connectivity index (χ0v) is 7.72. The standard InChI is InChI=1S/2C5H10/c2*1-3-5-4-2/h2*3,5H,4H2,1-2H3/b5-3-;. The summed E-state index contributed by atoms with van der Waals surface area (Å²) in [6.45, 7) is 8.31. The van der Waals surface area contributed by atoms with Gasteiger partial charge in [-0.3, -0.25) is 0 Å². The van der Waals surface area contributed by atoms with Crippen molar-refractivity contribution in [1.82, 2.24) is 0 Å². The van der Waals surface area contributed by atoms with Gasteiger partial charge in [0.1, 0.15) is 0 Å². The normalized spacial score (nSPS) is 10.0. The van der Waals surface area contributed by atoms with Crippen molar-refractivity contribution in [3.05, 3.63) is 24.3 Å². The summed E-state index contributed by atoms with van der Waals surface area (Å²) in [5, 5.41) is 0. The second-order valence-corrected chi connectivity index (χ2v) is 1.95. The van der Waals surface area contributed by atoms with Crippen molar-refractivity contribution in [2.45, 2.75) is 40.5 Å². The molecule has 0 rings (SSSR count). The van der Waals surface area contributed by atoms with E-state index in [0.29, 0.717) is 0 Å². The SMILES string of the molecule is C/C=C\CC.CC=CCC. The van der Waals surface area contributed by atoms with Crippen LogP contribution in [-0.4, -0.2) is 0 Å². The minimum absolute atomic E-state index is 1.16. The molecule has 0 aromatic rings. The zero-order valence-electron chi connectivity index (χ0n) is 7.72. The summed E-state index contributed by atoms with van der Waals surface area (Å²) in [5.41, 5.74) is 0. The monoisotopic (exact) mass is 140 g/mol. The summed E-state index contributed by atoms with van der Waals surface area (Å²) in [6, 6.07) is 0. The number of allylic oxidation sites excluding steroid dienone is 4. The molecular formula is C10H20. The molecular weight excluding hydrogens is 120 g/mol. The molecule has 0 aliphatic heterocycles. The van der Waals surface area contributed by atoms with Gasteiger partial charge in [-0.1, -0.05) is 38.2 Å². The molecule has 0 aromatic carbocycles. The van der Waals surface area contributed by atoms with Gasteiger partial charge in [0.25, 0.3) is 0 Å². The van der Waals surface area contributed by atoms with E-state index in [-0.39, 0.29) is 0 Å². The summed E-state index contributed by atoms with van der Waals surface area (Å²) in [6.07, 6.45) is 10.7. The molecule has 0 heteroatoms. The van der Waals surface area contributed by atoms with Crippen LogP contribution in [0.5, 0.6) is 0 Å². The summed E-state index contributed by atoms with van der Waals surface area (Å²) in [4.78, 5) is 0. The smallest absolute Gasteiger partial charge is 0.0379 e. The van der Waals surface area contributed by atoms with E-state index in [1.165, 1.54) is 0 Å². The summed E-state index contributed by atoms with van der Waals surface area (Å²) in [7, 11) is 0. The molecule has 0 fully saturated rings.